The molecule has 2 rings (SSSR count). The maximum atomic E-state index is 10.4. The van der Waals surface area contributed by atoms with Gasteiger partial charge in [0, 0.05) is 11.9 Å². The van der Waals surface area contributed by atoms with E-state index in [2.05, 4.69) is 15.7 Å². The van der Waals surface area contributed by atoms with Gasteiger partial charge in [0.2, 0.25) is 0 Å². The molecule has 1 heterocycles. The molecule has 2 aromatic rings. The number of aromatic amines is 1. The number of rotatable bonds is 4. The Bertz CT molecular complexity index is 696. The van der Waals surface area contributed by atoms with Gasteiger partial charge in [-0.2, -0.15) is 0 Å². The Labute approximate surface area is 127 Å². The summed E-state index contributed by atoms with van der Waals surface area (Å²) in [5.41, 5.74) is 5.19. The average Bonchev–Trinajstić information content (AvgIpc) is 2.91. The minimum absolute atomic E-state index is 0.178. The normalized spacial score (nSPS) is 12.1. The number of nitrogens with one attached hydrogen (secondary N) is 1. The van der Waals surface area contributed by atoms with Gasteiger partial charge >= 0.3 is 5.97 Å². The molecule has 9 heteroatoms. The van der Waals surface area contributed by atoms with E-state index in [1.807, 2.05) is 6.92 Å². The molecule has 0 aliphatic carbocycles. The molecule has 120 valence electrons. The van der Waals surface area contributed by atoms with Gasteiger partial charge in [-0.05, 0) is 19.1 Å². The number of carboxylic acid groups (broad SMARTS) is 1. The number of carbonyl (C=O) groups is 1. The van der Waals surface area contributed by atoms with Crippen molar-refractivity contribution in [3.8, 4) is 0 Å². The van der Waals surface area contributed by atoms with Crippen molar-refractivity contribution in [1.82, 2.24) is 9.97 Å². The molecule has 1 aromatic carbocycles. The highest BCUT2D eigenvalue weighted by Gasteiger charge is 2.16. The Kier molecular flexibility index (Phi) is 6.23. The fraction of sp³-hybridized carbons (Fsp3) is 0.231. The zero-order chi connectivity index (χ0) is 16.8. The molecule has 0 bridgehead atoms. The summed E-state index contributed by atoms with van der Waals surface area (Å²) in [7, 11) is -4.27. The molecule has 1 atom stereocenters. The van der Waals surface area contributed by atoms with Gasteiger partial charge in [0.25, 0.3) is 0 Å². The van der Waals surface area contributed by atoms with Gasteiger partial charge in [-0.15, -0.1) is 0 Å². The third kappa shape index (κ3) is 6.04. The molecule has 22 heavy (non-hydrogen) atoms. The van der Waals surface area contributed by atoms with Crippen LogP contribution in [0.2, 0.25) is 0 Å². The Morgan fingerprint density at radius 1 is 1.41 bits per heavy atom. The third-order valence-electron chi connectivity index (χ3n) is 2.68. The van der Waals surface area contributed by atoms with Crippen molar-refractivity contribution in [2.45, 2.75) is 24.3 Å². The largest absolute Gasteiger partial charge is 0.744 e. The molecule has 0 saturated heterocycles. The molecular weight excluding hydrogens is 310 g/mol. The van der Waals surface area contributed by atoms with Gasteiger partial charge in [-0.3, -0.25) is 0 Å². The predicted molar refractivity (Wildman–Crippen MR) is 75.7 cm³/mol. The van der Waals surface area contributed by atoms with Crippen LogP contribution in [-0.2, 0) is 21.3 Å². The molecule has 0 aliphatic rings. The number of benzene rings is 1. The lowest BCUT2D eigenvalue weighted by molar-refractivity contribution is -0.407. The molecule has 0 unspecified atom stereocenters. The minimum Gasteiger partial charge on any atom is -0.744 e. The van der Waals surface area contributed by atoms with Crippen molar-refractivity contribution >= 4 is 16.1 Å². The number of nitrogens with zero attached hydrogens (tertiary/aromatic N) is 1. The highest BCUT2D eigenvalue weighted by molar-refractivity contribution is 7.85. The van der Waals surface area contributed by atoms with E-state index in [0.29, 0.717) is 6.42 Å². The Hall–Kier alpha value is -2.23. The second kappa shape index (κ2) is 7.69. The number of hydrogen-bond donors (Lipinski definition) is 3. The number of hydrogen-bond acceptors (Lipinski definition) is 5. The van der Waals surface area contributed by atoms with Crippen molar-refractivity contribution in [2.75, 3.05) is 0 Å². The zero-order valence-electron chi connectivity index (χ0n) is 11.9. The second-order valence-electron chi connectivity index (χ2n) is 4.58. The van der Waals surface area contributed by atoms with Gasteiger partial charge in [0.05, 0.1) is 17.6 Å². The molecule has 0 radical (unpaired) electrons. The summed E-state index contributed by atoms with van der Waals surface area (Å²) in [6.07, 6.45) is 3.51. The SMILES string of the molecule is Cc1ccc(S(=O)(=O)[O-])cc1.[NH3+][C@@H](Cc1cnc[nH]1)C(=O)O. The summed E-state index contributed by atoms with van der Waals surface area (Å²) < 4.78 is 31.2. The van der Waals surface area contributed by atoms with Crippen LogP contribution in [0.4, 0.5) is 0 Å². The van der Waals surface area contributed by atoms with E-state index in [1.165, 1.54) is 18.5 Å². The maximum Gasteiger partial charge on any atom is 0.362 e. The lowest BCUT2D eigenvalue weighted by Gasteiger charge is -2.05. The van der Waals surface area contributed by atoms with Crippen molar-refractivity contribution in [3.63, 3.8) is 0 Å². The molecule has 8 nitrogen and oxygen atoms in total. The van der Waals surface area contributed by atoms with Crippen molar-refractivity contribution < 1.29 is 28.6 Å². The van der Waals surface area contributed by atoms with Gasteiger partial charge in [0.15, 0.2) is 6.04 Å². The molecule has 0 fully saturated rings. The molecule has 0 spiro atoms. The van der Waals surface area contributed by atoms with E-state index < -0.39 is 22.1 Å². The van der Waals surface area contributed by atoms with E-state index in [4.69, 9.17) is 5.11 Å². The smallest absolute Gasteiger partial charge is 0.362 e. The summed E-state index contributed by atoms with van der Waals surface area (Å²) in [5.74, 6) is -0.889. The number of imidazole rings is 1. The topological polar surface area (TPSA) is 151 Å². The van der Waals surface area contributed by atoms with Crippen molar-refractivity contribution in [1.29, 1.82) is 0 Å². The lowest BCUT2D eigenvalue weighted by atomic mass is 10.2. The van der Waals surface area contributed by atoms with Gasteiger partial charge in [0.1, 0.15) is 10.1 Å². The first-order valence-corrected chi connectivity index (χ1v) is 7.66. The summed E-state index contributed by atoms with van der Waals surface area (Å²) in [6.45, 7) is 1.82. The number of aliphatic carboxylic acids is 1. The summed E-state index contributed by atoms with van der Waals surface area (Å²) >= 11 is 0. The first-order valence-electron chi connectivity index (χ1n) is 6.26. The summed E-state index contributed by atoms with van der Waals surface area (Å²) in [4.78, 5) is 16.7. The average molecular weight is 327 g/mol. The van der Waals surface area contributed by atoms with Crippen molar-refractivity contribution in [2.24, 2.45) is 0 Å². The Morgan fingerprint density at radius 3 is 2.41 bits per heavy atom. The first-order chi connectivity index (χ1) is 10.2. The first kappa shape index (κ1) is 17.8. The van der Waals surface area contributed by atoms with E-state index in [-0.39, 0.29) is 4.90 Å². The number of quaternary nitrogens is 1. The van der Waals surface area contributed by atoms with Crippen LogP contribution in [0, 0.1) is 6.92 Å². The number of H-pyrrole nitrogens is 1. The van der Waals surface area contributed by atoms with Crippen LogP contribution < -0.4 is 5.73 Å². The van der Waals surface area contributed by atoms with E-state index in [0.717, 1.165) is 11.3 Å². The van der Waals surface area contributed by atoms with Gasteiger partial charge in [-0.1, -0.05) is 17.7 Å². The third-order valence-corrected chi connectivity index (χ3v) is 3.53. The van der Waals surface area contributed by atoms with E-state index >= 15 is 0 Å². The fourth-order valence-electron chi connectivity index (χ4n) is 1.45. The van der Waals surface area contributed by atoms with Crippen LogP contribution in [0.3, 0.4) is 0 Å². The minimum atomic E-state index is -4.27. The van der Waals surface area contributed by atoms with Crippen LogP contribution in [0.15, 0.2) is 41.7 Å². The number of aromatic nitrogens is 2. The lowest BCUT2D eigenvalue weighted by Crippen LogP contribution is -2.66. The summed E-state index contributed by atoms with van der Waals surface area (Å²) in [6, 6.07) is 5.18. The molecule has 5 N–H and O–H groups in total. The quantitative estimate of drug-likeness (QED) is 0.647. The van der Waals surface area contributed by atoms with Crippen LogP contribution in [0.1, 0.15) is 11.3 Å². The van der Waals surface area contributed by atoms with E-state index in [9.17, 15) is 17.8 Å². The monoisotopic (exact) mass is 327 g/mol. The van der Waals surface area contributed by atoms with Crippen LogP contribution in [-0.4, -0.2) is 40.1 Å². The molecule has 0 aliphatic heterocycles. The Balaban J connectivity index is 0.000000220. The number of aryl methyl sites for hydroxylation is 1. The van der Waals surface area contributed by atoms with Gasteiger partial charge in [-0.25, -0.2) is 18.2 Å². The molecule has 0 saturated carbocycles. The van der Waals surface area contributed by atoms with E-state index in [1.54, 1.807) is 18.3 Å². The molecule has 1 aromatic heterocycles. The predicted octanol–water partition coefficient (Wildman–Crippen LogP) is -0.454. The van der Waals surface area contributed by atoms with Crippen LogP contribution >= 0.6 is 0 Å². The standard InChI is InChI=1S/C7H8O3S.C6H9N3O2/c1-6-2-4-7(5-3-6)11(8,9)10;7-5(6(10)11)1-4-2-8-3-9-4/h2-5H,1H3,(H,8,9,10);2-3,5H,1,7H2,(H,8,9)(H,10,11)/t;5-/m.0/s1. The summed E-state index contributed by atoms with van der Waals surface area (Å²) in [5, 5.41) is 8.48. The number of carboxylic acids is 1. The molecular formula is C13H17N3O5S. The highest BCUT2D eigenvalue weighted by Crippen LogP contribution is 2.08. The second-order valence-corrected chi connectivity index (χ2v) is 5.96. The molecule has 0 amide bonds. The van der Waals surface area contributed by atoms with Crippen molar-refractivity contribution in [3.05, 3.63) is 48.0 Å². The highest BCUT2D eigenvalue weighted by atomic mass is 32.2. The maximum absolute atomic E-state index is 10.4. The Morgan fingerprint density at radius 2 is 2.00 bits per heavy atom. The zero-order valence-corrected chi connectivity index (χ0v) is 12.7. The van der Waals surface area contributed by atoms with Gasteiger partial charge < -0.3 is 20.4 Å². The van der Waals surface area contributed by atoms with Crippen LogP contribution in [0.25, 0.3) is 0 Å². The fourth-order valence-corrected chi connectivity index (χ4v) is 1.92. The van der Waals surface area contributed by atoms with Crippen LogP contribution in [0.5, 0.6) is 0 Å².